The lowest BCUT2D eigenvalue weighted by molar-refractivity contribution is 0.445. The molecule has 0 atom stereocenters. The Hall–Kier alpha value is -2.27. The predicted molar refractivity (Wildman–Crippen MR) is 90.9 cm³/mol. The summed E-state index contributed by atoms with van der Waals surface area (Å²) >= 11 is 0. The minimum atomic E-state index is 0.449. The van der Waals surface area contributed by atoms with E-state index >= 15 is 0 Å². The molecule has 0 saturated carbocycles. The highest BCUT2D eigenvalue weighted by Crippen LogP contribution is 2.26. The van der Waals surface area contributed by atoms with E-state index in [0.29, 0.717) is 5.92 Å². The van der Waals surface area contributed by atoms with E-state index < -0.39 is 0 Å². The van der Waals surface area contributed by atoms with E-state index in [1.165, 1.54) is 0 Å². The van der Waals surface area contributed by atoms with Gasteiger partial charge in [-0.3, -0.25) is 0 Å². The summed E-state index contributed by atoms with van der Waals surface area (Å²) in [6.45, 7) is 4.24. The molecule has 1 N–H and O–H groups in total. The number of hydrogen-bond acceptors (Lipinski definition) is 4. The zero-order valence-corrected chi connectivity index (χ0v) is 13.4. The number of fused-ring (bicyclic) bond motifs is 1. The maximum atomic E-state index is 4.91. The summed E-state index contributed by atoms with van der Waals surface area (Å²) in [6, 6.07) is 10.2. The Balaban J connectivity index is 1.86. The molecule has 5 nitrogen and oxygen atoms in total. The molecule has 5 heteroatoms. The fraction of sp³-hybridized carbons (Fsp3) is 0.389. The SMILES string of the molecule is CCc1nc(C2CCNCC2)nc2c1cnn2-c1ccccc1. The van der Waals surface area contributed by atoms with Crippen molar-refractivity contribution in [2.24, 2.45) is 0 Å². The normalized spacial score (nSPS) is 16.0. The number of aromatic nitrogens is 4. The van der Waals surface area contributed by atoms with Crippen LogP contribution in [0, 0.1) is 0 Å². The van der Waals surface area contributed by atoms with E-state index in [9.17, 15) is 0 Å². The van der Waals surface area contributed by atoms with Crippen LogP contribution in [-0.4, -0.2) is 32.8 Å². The average Bonchev–Trinajstić information content (AvgIpc) is 3.06. The molecule has 3 aromatic rings. The molecule has 118 valence electrons. The Labute approximate surface area is 135 Å². The molecule has 0 spiro atoms. The molecular weight excluding hydrogens is 286 g/mol. The van der Waals surface area contributed by atoms with E-state index in [1.807, 2.05) is 29.1 Å². The standard InChI is InChI=1S/C18H21N5/c1-2-16-15-12-20-23(14-6-4-3-5-7-14)18(15)22-17(21-16)13-8-10-19-11-9-13/h3-7,12-13,19H,2,8-11H2,1H3. The molecule has 23 heavy (non-hydrogen) atoms. The molecule has 2 aromatic heterocycles. The Kier molecular flexibility index (Phi) is 3.79. The van der Waals surface area contributed by atoms with Crippen molar-refractivity contribution in [3.05, 3.63) is 48.0 Å². The predicted octanol–water partition coefficient (Wildman–Crippen LogP) is 2.84. The number of nitrogens with one attached hydrogen (secondary N) is 1. The number of aryl methyl sites for hydroxylation is 1. The third-order valence-corrected chi connectivity index (χ3v) is 4.56. The summed E-state index contributed by atoms with van der Waals surface area (Å²) in [7, 11) is 0. The van der Waals surface area contributed by atoms with Gasteiger partial charge >= 0.3 is 0 Å². The largest absolute Gasteiger partial charge is 0.317 e. The van der Waals surface area contributed by atoms with Crippen LogP contribution in [0.25, 0.3) is 16.7 Å². The summed E-state index contributed by atoms with van der Waals surface area (Å²) in [5, 5.41) is 9.04. The fourth-order valence-corrected chi connectivity index (χ4v) is 3.28. The van der Waals surface area contributed by atoms with Crippen molar-refractivity contribution in [1.82, 2.24) is 25.1 Å². The van der Waals surface area contributed by atoms with Crippen LogP contribution in [0.15, 0.2) is 36.5 Å². The molecule has 1 fully saturated rings. The molecular formula is C18H21N5. The highest BCUT2D eigenvalue weighted by Gasteiger charge is 2.21. The molecule has 3 heterocycles. The Morgan fingerprint density at radius 1 is 1.13 bits per heavy atom. The Bertz CT molecular complexity index is 803. The van der Waals surface area contributed by atoms with Crippen molar-refractivity contribution >= 4 is 11.0 Å². The smallest absolute Gasteiger partial charge is 0.166 e. The summed E-state index contributed by atoms with van der Waals surface area (Å²) in [4.78, 5) is 9.76. The quantitative estimate of drug-likeness (QED) is 0.808. The molecule has 1 aliphatic rings. The van der Waals surface area contributed by atoms with Crippen molar-refractivity contribution in [1.29, 1.82) is 0 Å². The van der Waals surface area contributed by atoms with Crippen LogP contribution >= 0.6 is 0 Å². The first-order valence-corrected chi connectivity index (χ1v) is 8.37. The van der Waals surface area contributed by atoms with E-state index in [-0.39, 0.29) is 0 Å². The van der Waals surface area contributed by atoms with Crippen molar-refractivity contribution in [2.45, 2.75) is 32.1 Å². The van der Waals surface area contributed by atoms with Crippen LogP contribution in [0.3, 0.4) is 0 Å². The van der Waals surface area contributed by atoms with Crippen LogP contribution in [0.1, 0.15) is 37.2 Å². The molecule has 1 saturated heterocycles. The molecule has 0 amide bonds. The van der Waals surface area contributed by atoms with Gasteiger partial charge in [0.05, 0.1) is 23.0 Å². The summed E-state index contributed by atoms with van der Waals surface area (Å²) in [5.74, 6) is 1.43. The molecule has 0 aliphatic carbocycles. The monoisotopic (exact) mass is 307 g/mol. The zero-order valence-electron chi connectivity index (χ0n) is 13.4. The van der Waals surface area contributed by atoms with Gasteiger partial charge in [-0.05, 0) is 44.5 Å². The highest BCUT2D eigenvalue weighted by atomic mass is 15.3. The Morgan fingerprint density at radius 2 is 1.91 bits per heavy atom. The molecule has 1 aromatic carbocycles. The topological polar surface area (TPSA) is 55.6 Å². The maximum absolute atomic E-state index is 4.91. The van der Waals surface area contributed by atoms with Gasteiger partial charge in [0.25, 0.3) is 0 Å². The van der Waals surface area contributed by atoms with Crippen LogP contribution < -0.4 is 5.32 Å². The van der Waals surface area contributed by atoms with Crippen LogP contribution in [0.4, 0.5) is 0 Å². The van der Waals surface area contributed by atoms with E-state index in [1.54, 1.807) is 0 Å². The van der Waals surface area contributed by atoms with Crippen molar-refractivity contribution in [2.75, 3.05) is 13.1 Å². The first-order chi connectivity index (χ1) is 11.4. The lowest BCUT2D eigenvalue weighted by Crippen LogP contribution is -2.27. The summed E-state index contributed by atoms with van der Waals surface area (Å²) < 4.78 is 1.93. The second kappa shape index (κ2) is 6.08. The fourth-order valence-electron chi connectivity index (χ4n) is 3.28. The number of hydrogen-bond donors (Lipinski definition) is 1. The first kappa shape index (κ1) is 14.3. The van der Waals surface area contributed by atoms with Crippen molar-refractivity contribution in [3.8, 4) is 5.69 Å². The molecule has 4 rings (SSSR count). The Morgan fingerprint density at radius 3 is 2.65 bits per heavy atom. The second-order valence-corrected chi connectivity index (χ2v) is 6.04. The number of nitrogens with zero attached hydrogens (tertiary/aromatic N) is 4. The van der Waals surface area contributed by atoms with E-state index in [4.69, 9.17) is 9.97 Å². The van der Waals surface area contributed by atoms with Crippen molar-refractivity contribution < 1.29 is 0 Å². The van der Waals surface area contributed by atoms with Gasteiger partial charge in [0.1, 0.15) is 5.82 Å². The first-order valence-electron chi connectivity index (χ1n) is 8.37. The van der Waals surface area contributed by atoms with Crippen LogP contribution in [0.2, 0.25) is 0 Å². The summed E-state index contributed by atoms with van der Waals surface area (Å²) in [6.07, 6.45) is 5.01. The molecule has 0 bridgehead atoms. The van der Waals surface area contributed by atoms with Gasteiger partial charge in [0, 0.05) is 5.92 Å². The third kappa shape index (κ3) is 2.61. The van der Waals surface area contributed by atoms with Gasteiger partial charge < -0.3 is 5.32 Å². The molecule has 1 aliphatic heterocycles. The van der Waals surface area contributed by atoms with Crippen LogP contribution in [0.5, 0.6) is 0 Å². The van der Waals surface area contributed by atoms with Gasteiger partial charge in [0.2, 0.25) is 0 Å². The summed E-state index contributed by atoms with van der Waals surface area (Å²) in [5.41, 5.74) is 3.07. The average molecular weight is 307 g/mol. The zero-order chi connectivity index (χ0) is 15.6. The van der Waals surface area contributed by atoms with Crippen molar-refractivity contribution in [3.63, 3.8) is 0 Å². The van der Waals surface area contributed by atoms with Gasteiger partial charge in [0.15, 0.2) is 5.65 Å². The highest BCUT2D eigenvalue weighted by molar-refractivity contribution is 5.79. The van der Waals surface area contributed by atoms with Gasteiger partial charge in [-0.2, -0.15) is 5.10 Å². The second-order valence-electron chi connectivity index (χ2n) is 6.04. The molecule has 0 unspecified atom stereocenters. The van der Waals surface area contributed by atoms with E-state index in [0.717, 1.165) is 60.6 Å². The van der Waals surface area contributed by atoms with Gasteiger partial charge in [-0.25, -0.2) is 14.6 Å². The number of rotatable bonds is 3. The lowest BCUT2D eigenvalue weighted by atomic mass is 9.97. The lowest BCUT2D eigenvalue weighted by Gasteiger charge is -2.21. The number of benzene rings is 1. The number of para-hydroxylation sites is 1. The minimum absolute atomic E-state index is 0.449. The molecule has 0 radical (unpaired) electrons. The third-order valence-electron chi connectivity index (χ3n) is 4.56. The number of piperidine rings is 1. The maximum Gasteiger partial charge on any atom is 0.166 e. The van der Waals surface area contributed by atoms with Gasteiger partial charge in [-0.1, -0.05) is 25.1 Å². The minimum Gasteiger partial charge on any atom is -0.317 e. The van der Waals surface area contributed by atoms with Gasteiger partial charge in [-0.15, -0.1) is 0 Å². The van der Waals surface area contributed by atoms with Crippen LogP contribution in [-0.2, 0) is 6.42 Å². The van der Waals surface area contributed by atoms with E-state index in [2.05, 4.69) is 29.5 Å².